The Balaban J connectivity index is 1.24. The predicted molar refractivity (Wildman–Crippen MR) is 177 cm³/mol. The van der Waals surface area contributed by atoms with Crippen LogP contribution in [0.25, 0.3) is 22.5 Å². The maximum Gasteiger partial charge on any atom is 0.319 e. The molecular formula is C35H39FN6O2S. The molecule has 2 aliphatic carbocycles. The van der Waals surface area contributed by atoms with Gasteiger partial charge in [-0.1, -0.05) is 12.0 Å². The summed E-state index contributed by atoms with van der Waals surface area (Å²) in [7, 11) is 4.21. The molecule has 0 bridgehead atoms. The van der Waals surface area contributed by atoms with Gasteiger partial charge in [0.15, 0.2) is 5.82 Å². The van der Waals surface area contributed by atoms with Gasteiger partial charge in [-0.3, -0.25) is 0 Å². The van der Waals surface area contributed by atoms with Crippen molar-refractivity contribution in [3.8, 4) is 24.1 Å². The molecule has 4 heterocycles. The Bertz CT molecular complexity index is 1750. The summed E-state index contributed by atoms with van der Waals surface area (Å²) >= 11 is 1.65. The maximum atomic E-state index is 15.0. The number of phenols is 1. The number of ether oxygens (including phenoxy) is 1. The van der Waals surface area contributed by atoms with Crippen molar-refractivity contribution >= 4 is 40.3 Å². The van der Waals surface area contributed by atoms with Gasteiger partial charge in [0, 0.05) is 55.1 Å². The third-order valence-electron chi connectivity index (χ3n) is 10.1. The molecule has 4 fully saturated rings. The van der Waals surface area contributed by atoms with Crippen molar-refractivity contribution in [2.45, 2.75) is 49.5 Å². The van der Waals surface area contributed by atoms with Crippen molar-refractivity contribution in [3.63, 3.8) is 0 Å². The molecule has 1 aromatic heterocycles. The lowest BCUT2D eigenvalue weighted by atomic mass is 9.73. The lowest BCUT2D eigenvalue weighted by molar-refractivity contribution is 0.125. The molecule has 0 unspecified atom stereocenters. The van der Waals surface area contributed by atoms with Gasteiger partial charge in [-0.2, -0.15) is 9.97 Å². The number of benzene rings is 2. The number of hydrogen-bond donors (Lipinski definition) is 2. The number of phenolic OH excluding ortho intramolecular Hbond substituents is 1. The summed E-state index contributed by atoms with van der Waals surface area (Å²) in [5.41, 5.74) is 3.10. The smallest absolute Gasteiger partial charge is 0.319 e. The highest BCUT2D eigenvalue weighted by Crippen LogP contribution is 2.52. The van der Waals surface area contributed by atoms with E-state index in [1.807, 2.05) is 0 Å². The molecule has 1 spiro atoms. The molecule has 8 rings (SSSR count). The molecule has 2 aromatic carbocycles. The van der Waals surface area contributed by atoms with Crippen LogP contribution in [-0.2, 0) is 0 Å². The second kappa shape index (κ2) is 10.8. The first-order valence-corrected chi connectivity index (χ1v) is 16.8. The van der Waals surface area contributed by atoms with Gasteiger partial charge in [0.2, 0.25) is 0 Å². The van der Waals surface area contributed by atoms with E-state index in [1.54, 1.807) is 30.1 Å². The number of hydrogen-bond acceptors (Lipinski definition) is 9. The van der Waals surface area contributed by atoms with Crippen LogP contribution in [0.5, 0.6) is 11.8 Å². The molecule has 5 aliphatic rings. The van der Waals surface area contributed by atoms with Crippen LogP contribution in [0.2, 0.25) is 0 Å². The Morgan fingerprint density at radius 1 is 1.16 bits per heavy atom. The molecule has 2 saturated heterocycles. The van der Waals surface area contributed by atoms with E-state index in [4.69, 9.17) is 21.1 Å². The SMILES string of the molecule is C#Cc1c(F)ccc2cc(O)cc(C3=Cc4nc(OCC5(CN(C)C)CC5)nc(N5CCC6(CC5)CNC6)c4SN3C3CC3)c12. The number of halogens is 1. The van der Waals surface area contributed by atoms with Gasteiger partial charge in [0.05, 0.1) is 28.5 Å². The molecule has 0 atom stereocenters. The first-order chi connectivity index (χ1) is 21.8. The van der Waals surface area contributed by atoms with E-state index in [2.05, 4.69) is 45.5 Å². The van der Waals surface area contributed by atoms with Crippen molar-refractivity contribution in [1.82, 2.24) is 24.5 Å². The molecule has 234 valence electrons. The number of rotatable bonds is 8. The summed E-state index contributed by atoms with van der Waals surface area (Å²) < 4.78 is 23.8. The molecule has 3 aromatic rings. The van der Waals surface area contributed by atoms with Crippen LogP contribution in [-0.4, -0.2) is 83.7 Å². The van der Waals surface area contributed by atoms with Crippen molar-refractivity contribution in [3.05, 3.63) is 46.9 Å². The zero-order chi connectivity index (χ0) is 30.9. The number of nitrogens with zero attached hydrogens (tertiary/aromatic N) is 5. The molecule has 0 amide bonds. The zero-order valence-corrected chi connectivity index (χ0v) is 26.7. The summed E-state index contributed by atoms with van der Waals surface area (Å²) in [5.74, 6) is 3.16. The lowest BCUT2D eigenvalue weighted by Crippen LogP contribution is -2.58. The van der Waals surface area contributed by atoms with E-state index in [-0.39, 0.29) is 16.7 Å². The summed E-state index contributed by atoms with van der Waals surface area (Å²) in [4.78, 5) is 15.8. The molecule has 3 aliphatic heterocycles. The van der Waals surface area contributed by atoms with Gasteiger partial charge < -0.3 is 29.3 Å². The third-order valence-corrected chi connectivity index (χ3v) is 11.4. The highest BCUT2D eigenvalue weighted by atomic mass is 32.2. The molecule has 10 heteroatoms. The zero-order valence-electron chi connectivity index (χ0n) is 25.9. The molecule has 45 heavy (non-hydrogen) atoms. The van der Waals surface area contributed by atoms with Crippen molar-refractivity contribution in [2.24, 2.45) is 10.8 Å². The number of aromatic hydroxyl groups is 1. The largest absolute Gasteiger partial charge is 0.508 e. The fourth-order valence-corrected chi connectivity index (χ4v) is 8.48. The fraction of sp³-hybridized carbons (Fsp3) is 0.486. The second-order valence-electron chi connectivity index (χ2n) is 14.0. The Labute approximate surface area is 268 Å². The minimum atomic E-state index is -0.448. The van der Waals surface area contributed by atoms with E-state index < -0.39 is 5.82 Å². The standard InChI is InChI=1S/C35H39FN6O2S/c1-4-25-27(36)8-5-22-15-24(43)16-26(30(22)25)29-17-28-31(45-42(29)23-6-7-23)32(41-13-11-34(12-14-41)18-37-19-34)39-33(38-28)44-21-35(9-10-35)20-40(2)3/h1,5,8,15-17,23,37,43H,6-7,9-14,18-21H2,2-3H3. The van der Waals surface area contributed by atoms with E-state index in [9.17, 15) is 5.11 Å². The van der Waals surface area contributed by atoms with Gasteiger partial charge in [0.25, 0.3) is 0 Å². The Kier molecular flexibility index (Phi) is 6.93. The number of aromatic nitrogens is 2. The molecule has 2 N–H and O–H groups in total. The number of anilines is 1. The fourth-order valence-electron chi connectivity index (χ4n) is 7.22. The molecule has 8 nitrogen and oxygen atoms in total. The molecule has 0 radical (unpaired) electrons. The summed E-state index contributed by atoms with van der Waals surface area (Å²) in [6, 6.07) is 7.09. The number of terminal acetylenes is 1. The monoisotopic (exact) mass is 626 g/mol. The molecule has 2 saturated carbocycles. The van der Waals surface area contributed by atoms with Crippen LogP contribution in [0, 0.1) is 29.0 Å². The van der Waals surface area contributed by atoms with E-state index in [0.29, 0.717) is 40.4 Å². The van der Waals surface area contributed by atoms with Crippen LogP contribution in [0.4, 0.5) is 10.2 Å². The normalized spacial score (nSPS) is 21.4. The van der Waals surface area contributed by atoms with Crippen molar-refractivity contribution in [2.75, 3.05) is 58.3 Å². The average Bonchev–Trinajstić information content (AvgIpc) is 3.95. The Morgan fingerprint density at radius 3 is 2.58 bits per heavy atom. The van der Waals surface area contributed by atoms with Crippen LogP contribution >= 0.6 is 11.9 Å². The first-order valence-electron chi connectivity index (χ1n) is 16.0. The summed E-state index contributed by atoms with van der Waals surface area (Å²) in [6.07, 6.45) is 14.6. The topological polar surface area (TPSA) is 77.0 Å². The number of nitrogens with one attached hydrogen (secondary N) is 1. The number of fused-ring (bicyclic) bond motifs is 2. The third kappa shape index (κ3) is 5.29. The van der Waals surface area contributed by atoms with E-state index in [0.717, 1.165) is 93.4 Å². The van der Waals surface area contributed by atoms with Crippen molar-refractivity contribution < 1.29 is 14.2 Å². The maximum absolute atomic E-state index is 15.0. The second-order valence-corrected chi connectivity index (χ2v) is 15.0. The van der Waals surface area contributed by atoms with E-state index >= 15 is 4.39 Å². The Morgan fingerprint density at radius 2 is 1.93 bits per heavy atom. The van der Waals surface area contributed by atoms with Gasteiger partial charge in [-0.15, -0.1) is 6.42 Å². The minimum absolute atomic E-state index is 0.107. The summed E-state index contributed by atoms with van der Waals surface area (Å²) in [5, 5.41) is 15.6. The van der Waals surface area contributed by atoms with Gasteiger partial charge in [0.1, 0.15) is 11.6 Å². The highest BCUT2D eigenvalue weighted by Gasteiger charge is 2.45. The van der Waals surface area contributed by atoms with Crippen LogP contribution in [0.1, 0.15) is 55.3 Å². The van der Waals surface area contributed by atoms with E-state index in [1.165, 1.54) is 6.07 Å². The van der Waals surface area contributed by atoms with Gasteiger partial charge in [-0.25, -0.2) is 4.39 Å². The van der Waals surface area contributed by atoms with Crippen LogP contribution < -0.4 is 15.0 Å². The highest BCUT2D eigenvalue weighted by molar-refractivity contribution is 7.97. The van der Waals surface area contributed by atoms with Crippen LogP contribution in [0.3, 0.4) is 0 Å². The van der Waals surface area contributed by atoms with Gasteiger partial charge in [-0.05, 0) is 99.6 Å². The summed E-state index contributed by atoms with van der Waals surface area (Å²) in [6.45, 7) is 5.63. The van der Waals surface area contributed by atoms with Crippen molar-refractivity contribution in [1.29, 1.82) is 0 Å². The van der Waals surface area contributed by atoms with Gasteiger partial charge >= 0.3 is 6.01 Å². The van der Waals surface area contributed by atoms with Crippen LogP contribution in [0.15, 0.2) is 29.2 Å². The minimum Gasteiger partial charge on any atom is -0.508 e. The molecular weight excluding hydrogens is 587 g/mol. The first kappa shape index (κ1) is 28.9. The lowest BCUT2D eigenvalue weighted by Gasteiger charge is -2.49. The average molecular weight is 627 g/mol. The quantitative estimate of drug-likeness (QED) is 0.254. The predicted octanol–water partition coefficient (Wildman–Crippen LogP) is 5.35. The number of piperidine rings is 1. The Hall–Kier alpha value is -3.52.